The van der Waals surface area contributed by atoms with E-state index in [1.54, 1.807) is 18.2 Å². The molecule has 1 saturated heterocycles. The first kappa shape index (κ1) is 19.9. The fraction of sp³-hybridized carbons (Fsp3) is 0.368. The third kappa shape index (κ3) is 5.05. The van der Waals surface area contributed by atoms with E-state index in [1.807, 2.05) is 43.3 Å². The molecule has 1 aliphatic heterocycles. The zero-order valence-corrected chi connectivity index (χ0v) is 15.9. The number of hydrogen-bond acceptors (Lipinski definition) is 3. The minimum Gasteiger partial charge on any atom is -0.316 e. The highest BCUT2D eigenvalue weighted by Crippen LogP contribution is 2.23. The zero-order valence-electron chi connectivity index (χ0n) is 14.3. The standard InChI is InChI=1S/C19H24N2O2S.ClH/c1-15(18-10-6-12-20-14-18)21-24(22,23)19-11-5-9-17(13-19)16-7-3-2-4-8-16;/h2-5,7-9,11,13,15,18,20-21H,6,10,12,14H2,1H3;1H. The van der Waals surface area contributed by atoms with Gasteiger partial charge >= 0.3 is 0 Å². The second-order valence-corrected chi connectivity index (χ2v) is 8.12. The van der Waals surface area contributed by atoms with Gasteiger partial charge in [0.05, 0.1) is 4.90 Å². The van der Waals surface area contributed by atoms with Gasteiger partial charge in [0, 0.05) is 6.04 Å². The number of nitrogens with one attached hydrogen (secondary N) is 2. The molecular weight excluding hydrogens is 356 g/mol. The first-order chi connectivity index (χ1) is 11.6. The third-order valence-electron chi connectivity index (χ3n) is 4.63. The number of benzene rings is 2. The van der Waals surface area contributed by atoms with Crippen molar-refractivity contribution >= 4 is 22.4 Å². The lowest BCUT2D eigenvalue weighted by Gasteiger charge is -2.28. The van der Waals surface area contributed by atoms with Crippen LogP contribution in [0.1, 0.15) is 19.8 Å². The predicted octanol–water partition coefficient (Wildman–Crippen LogP) is 3.44. The van der Waals surface area contributed by atoms with Crippen molar-refractivity contribution in [3.8, 4) is 11.1 Å². The SMILES string of the molecule is CC(NS(=O)(=O)c1cccc(-c2ccccc2)c1)C1CCCNC1.Cl. The Labute approximate surface area is 156 Å². The van der Waals surface area contributed by atoms with Gasteiger partial charge in [0.1, 0.15) is 0 Å². The molecule has 0 amide bonds. The molecule has 3 rings (SSSR count). The quantitative estimate of drug-likeness (QED) is 0.835. The molecule has 2 aromatic carbocycles. The van der Waals surface area contributed by atoms with Crippen molar-refractivity contribution in [2.75, 3.05) is 13.1 Å². The van der Waals surface area contributed by atoms with Gasteiger partial charge in [0.25, 0.3) is 0 Å². The van der Waals surface area contributed by atoms with Gasteiger partial charge in [-0.1, -0.05) is 42.5 Å². The average Bonchev–Trinajstić information content (AvgIpc) is 2.63. The summed E-state index contributed by atoms with van der Waals surface area (Å²) in [5.41, 5.74) is 1.92. The van der Waals surface area contributed by atoms with Crippen molar-refractivity contribution in [1.82, 2.24) is 10.0 Å². The van der Waals surface area contributed by atoms with E-state index in [1.165, 1.54) is 0 Å². The van der Waals surface area contributed by atoms with Crippen LogP contribution in [0.15, 0.2) is 59.5 Å². The Hall–Kier alpha value is -1.40. The van der Waals surface area contributed by atoms with E-state index in [9.17, 15) is 8.42 Å². The van der Waals surface area contributed by atoms with Crippen LogP contribution >= 0.6 is 12.4 Å². The molecule has 4 nitrogen and oxygen atoms in total. The summed E-state index contributed by atoms with van der Waals surface area (Å²) < 4.78 is 28.3. The van der Waals surface area contributed by atoms with Crippen LogP contribution < -0.4 is 10.0 Å². The predicted molar refractivity (Wildman–Crippen MR) is 105 cm³/mol. The number of sulfonamides is 1. The minimum absolute atomic E-state index is 0. The number of halogens is 1. The van der Waals surface area contributed by atoms with Crippen LogP contribution in [-0.2, 0) is 10.0 Å². The lowest BCUT2D eigenvalue weighted by Crippen LogP contribution is -2.44. The molecule has 6 heteroatoms. The van der Waals surface area contributed by atoms with Crippen molar-refractivity contribution in [3.05, 3.63) is 54.6 Å². The summed E-state index contributed by atoms with van der Waals surface area (Å²) in [6.45, 7) is 3.85. The first-order valence-electron chi connectivity index (χ1n) is 8.45. The minimum atomic E-state index is -3.52. The molecule has 0 aliphatic carbocycles. The first-order valence-corrected chi connectivity index (χ1v) is 9.93. The van der Waals surface area contributed by atoms with Crippen LogP contribution in [0.3, 0.4) is 0 Å². The molecule has 1 aliphatic rings. The summed E-state index contributed by atoms with van der Waals surface area (Å²) in [6, 6.07) is 16.9. The second-order valence-electron chi connectivity index (χ2n) is 6.41. The van der Waals surface area contributed by atoms with E-state index in [2.05, 4.69) is 10.0 Å². The summed E-state index contributed by atoms with van der Waals surface area (Å²) in [7, 11) is -3.52. The van der Waals surface area contributed by atoms with Gasteiger partial charge in [0.15, 0.2) is 0 Å². The van der Waals surface area contributed by atoms with Crippen molar-refractivity contribution in [1.29, 1.82) is 0 Å². The Bertz CT molecular complexity index is 775. The fourth-order valence-corrected chi connectivity index (χ4v) is 4.55. The van der Waals surface area contributed by atoms with Gasteiger partial charge in [-0.3, -0.25) is 0 Å². The van der Waals surface area contributed by atoms with Gasteiger partial charge in [0.2, 0.25) is 10.0 Å². The maximum absolute atomic E-state index is 12.7. The van der Waals surface area contributed by atoms with Crippen LogP contribution in [0.2, 0.25) is 0 Å². The van der Waals surface area contributed by atoms with Crippen LogP contribution in [0, 0.1) is 5.92 Å². The van der Waals surface area contributed by atoms with Gasteiger partial charge in [-0.2, -0.15) is 0 Å². The molecule has 25 heavy (non-hydrogen) atoms. The number of hydrogen-bond donors (Lipinski definition) is 2. The molecule has 1 fully saturated rings. The summed E-state index contributed by atoms with van der Waals surface area (Å²) in [5, 5.41) is 3.34. The van der Waals surface area contributed by atoms with Crippen molar-refractivity contribution < 1.29 is 8.42 Å². The Balaban J connectivity index is 0.00000225. The fourth-order valence-electron chi connectivity index (χ4n) is 3.19. The van der Waals surface area contributed by atoms with Crippen molar-refractivity contribution in [2.45, 2.75) is 30.7 Å². The van der Waals surface area contributed by atoms with E-state index in [-0.39, 0.29) is 18.4 Å². The van der Waals surface area contributed by atoms with E-state index >= 15 is 0 Å². The van der Waals surface area contributed by atoms with Gasteiger partial charge in [-0.15, -0.1) is 12.4 Å². The Morgan fingerprint density at radius 3 is 2.48 bits per heavy atom. The zero-order chi connectivity index (χ0) is 17.0. The monoisotopic (exact) mass is 380 g/mol. The maximum atomic E-state index is 12.7. The van der Waals surface area contributed by atoms with Gasteiger partial charge < -0.3 is 5.32 Å². The van der Waals surface area contributed by atoms with Gasteiger partial charge in [-0.05, 0) is 62.0 Å². The molecule has 0 spiro atoms. The van der Waals surface area contributed by atoms with Gasteiger partial charge in [-0.25, -0.2) is 13.1 Å². The Kier molecular flexibility index (Phi) is 7.02. The van der Waals surface area contributed by atoms with E-state index in [4.69, 9.17) is 0 Å². The second kappa shape index (κ2) is 8.81. The largest absolute Gasteiger partial charge is 0.316 e. The summed E-state index contributed by atoms with van der Waals surface area (Å²) >= 11 is 0. The number of piperidine rings is 1. The van der Waals surface area contributed by atoms with Crippen LogP contribution in [0.25, 0.3) is 11.1 Å². The van der Waals surface area contributed by atoms with Crippen molar-refractivity contribution in [3.63, 3.8) is 0 Å². The molecule has 2 unspecified atom stereocenters. The lowest BCUT2D eigenvalue weighted by atomic mass is 9.94. The number of rotatable bonds is 5. The molecule has 2 N–H and O–H groups in total. The van der Waals surface area contributed by atoms with Crippen LogP contribution in [0.5, 0.6) is 0 Å². The highest BCUT2D eigenvalue weighted by atomic mass is 35.5. The normalized spacial score (nSPS) is 19.0. The Morgan fingerprint density at radius 1 is 1.08 bits per heavy atom. The highest BCUT2D eigenvalue weighted by Gasteiger charge is 2.25. The molecule has 1 heterocycles. The third-order valence-corrected chi connectivity index (χ3v) is 6.19. The molecule has 0 bridgehead atoms. The smallest absolute Gasteiger partial charge is 0.240 e. The summed E-state index contributed by atoms with van der Waals surface area (Å²) in [4.78, 5) is 0.319. The highest BCUT2D eigenvalue weighted by molar-refractivity contribution is 7.89. The maximum Gasteiger partial charge on any atom is 0.240 e. The van der Waals surface area contributed by atoms with Crippen LogP contribution in [0.4, 0.5) is 0 Å². The van der Waals surface area contributed by atoms with E-state index < -0.39 is 10.0 Å². The van der Waals surface area contributed by atoms with E-state index in [0.29, 0.717) is 10.8 Å². The topological polar surface area (TPSA) is 58.2 Å². The molecular formula is C19H25ClN2O2S. The van der Waals surface area contributed by atoms with Crippen LogP contribution in [-0.4, -0.2) is 27.5 Å². The molecule has 136 valence electrons. The summed E-state index contributed by atoms with van der Waals surface area (Å²) in [5.74, 6) is 0.339. The molecule has 0 radical (unpaired) electrons. The summed E-state index contributed by atoms with van der Waals surface area (Å²) in [6.07, 6.45) is 2.15. The molecule has 2 atom stereocenters. The lowest BCUT2D eigenvalue weighted by molar-refractivity contribution is 0.320. The van der Waals surface area contributed by atoms with E-state index in [0.717, 1.165) is 37.1 Å². The molecule has 2 aromatic rings. The Morgan fingerprint density at radius 2 is 1.80 bits per heavy atom. The molecule has 0 aromatic heterocycles. The average molecular weight is 381 g/mol. The molecule has 0 saturated carbocycles. The van der Waals surface area contributed by atoms with Crippen molar-refractivity contribution in [2.24, 2.45) is 5.92 Å².